The van der Waals surface area contributed by atoms with Crippen LogP contribution >= 0.6 is 0 Å². The number of nitrogens with one attached hydrogen (secondary N) is 1. The zero-order valence-corrected chi connectivity index (χ0v) is 16.9. The Morgan fingerprint density at radius 3 is 2.86 bits per heavy atom. The van der Waals surface area contributed by atoms with Crippen LogP contribution in [0.25, 0.3) is 0 Å². The molecule has 0 amide bonds. The Morgan fingerprint density at radius 2 is 2.10 bits per heavy atom. The number of carbonyl (C=O) groups is 2. The third-order valence-electron chi connectivity index (χ3n) is 6.34. The zero-order chi connectivity index (χ0) is 20.8. The second-order valence-electron chi connectivity index (χ2n) is 8.10. The van der Waals surface area contributed by atoms with Gasteiger partial charge in [-0.05, 0) is 80.5 Å². The van der Waals surface area contributed by atoms with Crippen molar-refractivity contribution in [3.8, 4) is 5.75 Å². The van der Waals surface area contributed by atoms with Crippen LogP contribution < -0.4 is 10.1 Å². The Bertz CT molecular complexity index is 721. The van der Waals surface area contributed by atoms with Crippen LogP contribution in [0.3, 0.4) is 0 Å². The average Bonchev–Trinajstić information content (AvgIpc) is 3.10. The quantitative estimate of drug-likeness (QED) is 0.405. The summed E-state index contributed by atoms with van der Waals surface area (Å²) in [5.74, 6) is 1.08. The fourth-order valence-corrected chi connectivity index (χ4v) is 4.82. The SMILES string of the molecule is CNC(O)CCC1CCC2Cc3c(cccc3OCC(=O)OCCC(=O)O)CC12. The van der Waals surface area contributed by atoms with Gasteiger partial charge in [0.25, 0.3) is 0 Å². The third kappa shape index (κ3) is 5.70. The second-order valence-corrected chi connectivity index (χ2v) is 8.10. The van der Waals surface area contributed by atoms with Gasteiger partial charge < -0.3 is 19.7 Å². The monoisotopic (exact) mass is 405 g/mol. The van der Waals surface area contributed by atoms with Crippen LogP contribution in [0.15, 0.2) is 18.2 Å². The van der Waals surface area contributed by atoms with E-state index in [1.807, 2.05) is 12.1 Å². The molecule has 1 fully saturated rings. The summed E-state index contributed by atoms with van der Waals surface area (Å²) in [6.07, 6.45) is 5.54. The molecule has 1 aromatic carbocycles. The molecule has 2 aliphatic carbocycles. The van der Waals surface area contributed by atoms with E-state index in [0.29, 0.717) is 17.8 Å². The second kappa shape index (κ2) is 10.1. The van der Waals surface area contributed by atoms with E-state index in [4.69, 9.17) is 14.6 Å². The van der Waals surface area contributed by atoms with Crippen molar-refractivity contribution >= 4 is 11.9 Å². The highest BCUT2D eigenvalue weighted by Crippen LogP contribution is 2.48. The van der Waals surface area contributed by atoms with E-state index in [1.54, 1.807) is 7.05 Å². The first-order chi connectivity index (χ1) is 14.0. The van der Waals surface area contributed by atoms with Crippen LogP contribution in [-0.2, 0) is 27.2 Å². The molecule has 0 spiro atoms. The lowest BCUT2D eigenvalue weighted by atomic mass is 9.74. The number of aliphatic hydroxyl groups excluding tert-OH is 1. The predicted molar refractivity (Wildman–Crippen MR) is 107 cm³/mol. The number of aliphatic carboxylic acids is 1. The van der Waals surface area contributed by atoms with Gasteiger partial charge in [-0.1, -0.05) is 12.1 Å². The van der Waals surface area contributed by atoms with Crippen LogP contribution in [0.5, 0.6) is 5.75 Å². The molecule has 160 valence electrons. The van der Waals surface area contributed by atoms with Gasteiger partial charge >= 0.3 is 11.9 Å². The molecule has 3 rings (SSSR count). The van der Waals surface area contributed by atoms with E-state index >= 15 is 0 Å². The first kappa shape index (κ1) is 21.6. The Labute approximate surface area is 171 Å². The number of benzene rings is 1. The predicted octanol–water partition coefficient (Wildman–Crippen LogP) is 2.14. The maximum Gasteiger partial charge on any atom is 0.344 e. The number of rotatable bonds is 10. The molecule has 0 radical (unpaired) electrons. The number of fused-ring (bicyclic) bond motifs is 2. The lowest BCUT2D eigenvalue weighted by Crippen LogP contribution is -2.28. The third-order valence-corrected chi connectivity index (χ3v) is 6.34. The summed E-state index contributed by atoms with van der Waals surface area (Å²) in [5, 5.41) is 21.3. The van der Waals surface area contributed by atoms with Crippen molar-refractivity contribution in [3.63, 3.8) is 0 Å². The highest BCUT2D eigenvalue weighted by Gasteiger charge is 2.39. The molecule has 4 unspecified atom stereocenters. The highest BCUT2D eigenvalue weighted by atomic mass is 16.6. The van der Waals surface area contributed by atoms with Gasteiger partial charge in [0.2, 0.25) is 0 Å². The Hall–Kier alpha value is -2.12. The van der Waals surface area contributed by atoms with Crippen LogP contribution in [0.1, 0.15) is 43.2 Å². The van der Waals surface area contributed by atoms with E-state index in [9.17, 15) is 14.7 Å². The molecule has 3 N–H and O–H groups in total. The van der Waals surface area contributed by atoms with Crippen LogP contribution in [0.4, 0.5) is 0 Å². The van der Waals surface area contributed by atoms with Gasteiger partial charge in [0.05, 0.1) is 6.42 Å². The Balaban J connectivity index is 1.57. The van der Waals surface area contributed by atoms with Gasteiger partial charge in [-0.15, -0.1) is 0 Å². The van der Waals surface area contributed by atoms with Crippen molar-refractivity contribution < 1.29 is 29.3 Å². The summed E-state index contributed by atoms with van der Waals surface area (Å²) in [6.45, 7) is -0.355. The van der Waals surface area contributed by atoms with Crippen molar-refractivity contribution in [3.05, 3.63) is 29.3 Å². The Morgan fingerprint density at radius 1 is 1.28 bits per heavy atom. The fraction of sp³-hybridized carbons (Fsp3) is 0.636. The standard InChI is InChI=1S/C22H31NO6/c1-23-20(24)8-7-14-5-6-16-12-18-15(11-17(14)16)3-2-4-19(18)29-13-22(27)28-10-9-21(25)26/h2-4,14,16-17,20,23-24H,5-13H2,1H3,(H,25,26). The highest BCUT2D eigenvalue weighted by molar-refractivity contribution is 5.72. The molecule has 0 bridgehead atoms. The van der Waals surface area contributed by atoms with E-state index in [1.165, 1.54) is 24.0 Å². The fourth-order valence-electron chi connectivity index (χ4n) is 4.82. The summed E-state index contributed by atoms with van der Waals surface area (Å²) < 4.78 is 10.6. The summed E-state index contributed by atoms with van der Waals surface area (Å²) in [6, 6.07) is 5.99. The summed E-state index contributed by atoms with van der Waals surface area (Å²) in [5.41, 5.74) is 2.46. The van der Waals surface area contributed by atoms with E-state index in [0.717, 1.165) is 31.4 Å². The molecule has 4 atom stereocenters. The van der Waals surface area contributed by atoms with E-state index in [-0.39, 0.29) is 19.6 Å². The number of ether oxygens (including phenoxy) is 2. The number of esters is 1. The Kier molecular flexibility index (Phi) is 7.50. The van der Waals surface area contributed by atoms with Gasteiger partial charge in [-0.25, -0.2) is 4.79 Å². The van der Waals surface area contributed by atoms with Crippen molar-refractivity contribution in [2.45, 2.75) is 51.2 Å². The molecule has 7 heteroatoms. The summed E-state index contributed by atoms with van der Waals surface area (Å²) >= 11 is 0. The number of carbonyl (C=O) groups excluding carboxylic acids is 1. The van der Waals surface area contributed by atoms with E-state index < -0.39 is 18.2 Å². The van der Waals surface area contributed by atoms with Gasteiger partial charge in [-0.3, -0.25) is 10.1 Å². The number of carboxylic acid groups (broad SMARTS) is 1. The van der Waals surface area contributed by atoms with Crippen molar-refractivity contribution in [2.24, 2.45) is 17.8 Å². The van der Waals surface area contributed by atoms with Gasteiger partial charge in [-0.2, -0.15) is 0 Å². The van der Waals surface area contributed by atoms with Gasteiger partial charge in [0.15, 0.2) is 6.61 Å². The van der Waals surface area contributed by atoms with Crippen molar-refractivity contribution in [1.29, 1.82) is 0 Å². The number of hydrogen-bond acceptors (Lipinski definition) is 6. The summed E-state index contributed by atoms with van der Waals surface area (Å²) in [7, 11) is 1.78. The molecule has 2 aliphatic rings. The lowest BCUT2D eigenvalue weighted by Gasteiger charge is -2.32. The lowest BCUT2D eigenvalue weighted by molar-refractivity contribution is -0.148. The largest absolute Gasteiger partial charge is 0.482 e. The maximum atomic E-state index is 11.8. The van der Waals surface area contributed by atoms with Gasteiger partial charge in [0, 0.05) is 0 Å². The van der Waals surface area contributed by atoms with Crippen LogP contribution in [-0.4, -0.2) is 48.6 Å². The minimum absolute atomic E-state index is 0.141. The van der Waals surface area contributed by atoms with Crippen molar-refractivity contribution in [2.75, 3.05) is 20.3 Å². The number of carboxylic acids is 1. The molecule has 0 saturated heterocycles. The molecule has 0 heterocycles. The van der Waals surface area contributed by atoms with Crippen LogP contribution in [0.2, 0.25) is 0 Å². The zero-order valence-electron chi connectivity index (χ0n) is 16.9. The summed E-state index contributed by atoms with van der Waals surface area (Å²) in [4.78, 5) is 22.3. The van der Waals surface area contributed by atoms with Crippen molar-refractivity contribution in [1.82, 2.24) is 5.32 Å². The first-order valence-electron chi connectivity index (χ1n) is 10.4. The molecule has 0 aliphatic heterocycles. The first-order valence-corrected chi connectivity index (χ1v) is 10.4. The van der Waals surface area contributed by atoms with Crippen LogP contribution in [0, 0.1) is 17.8 Å². The molecule has 29 heavy (non-hydrogen) atoms. The normalized spacial score (nSPS) is 23.7. The minimum Gasteiger partial charge on any atom is -0.482 e. The smallest absolute Gasteiger partial charge is 0.344 e. The minimum atomic E-state index is -0.999. The topological polar surface area (TPSA) is 105 Å². The molecular weight excluding hydrogens is 374 g/mol. The van der Waals surface area contributed by atoms with Gasteiger partial charge in [0.1, 0.15) is 18.6 Å². The molecule has 1 saturated carbocycles. The van der Waals surface area contributed by atoms with E-state index in [2.05, 4.69) is 11.4 Å². The number of aliphatic hydroxyl groups is 1. The molecule has 0 aromatic heterocycles. The molecule has 1 aromatic rings. The maximum absolute atomic E-state index is 11.8. The molecular formula is C22H31NO6. The number of hydrogen-bond donors (Lipinski definition) is 3. The molecule has 7 nitrogen and oxygen atoms in total. The average molecular weight is 405 g/mol.